The van der Waals surface area contributed by atoms with Crippen molar-refractivity contribution < 1.29 is 8.81 Å². The summed E-state index contributed by atoms with van der Waals surface area (Å²) in [7, 11) is 0. The summed E-state index contributed by atoms with van der Waals surface area (Å²) in [6.45, 7) is 3.89. The maximum atomic E-state index is 13.3. The molecule has 0 saturated heterocycles. The number of fused-ring (bicyclic) bond motifs is 1. The molecule has 1 atom stereocenters. The van der Waals surface area contributed by atoms with E-state index in [1.807, 2.05) is 32.0 Å². The number of aryl methyl sites for hydroxylation is 2. The van der Waals surface area contributed by atoms with Gasteiger partial charge in [-0.25, -0.2) is 9.82 Å². The Morgan fingerprint density at radius 3 is 2.62 bits per heavy atom. The van der Waals surface area contributed by atoms with E-state index >= 15 is 0 Å². The second-order valence-corrected chi connectivity index (χ2v) is 5.29. The monoisotopic (exact) mass is 284 g/mol. The molecule has 0 aliphatic carbocycles. The Hall–Kier alpha value is -2.17. The highest BCUT2D eigenvalue weighted by molar-refractivity contribution is 5.79. The van der Waals surface area contributed by atoms with E-state index in [1.54, 1.807) is 6.07 Å². The summed E-state index contributed by atoms with van der Waals surface area (Å²) in [4.78, 5) is 0. The zero-order chi connectivity index (χ0) is 15.0. The van der Waals surface area contributed by atoms with Gasteiger partial charge in [0, 0.05) is 5.39 Å². The minimum Gasteiger partial charge on any atom is -0.459 e. The van der Waals surface area contributed by atoms with E-state index in [9.17, 15) is 4.39 Å². The number of benzene rings is 2. The minimum atomic E-state index is -0.307. The van der Waals surface area contributed by atoms with Gasteiger partial charge in [0.05, 0.1) is 0 Å². The first-order valence-corrected chi connectivity index (χ1v) is 6.81. The number of nitrogens with one attached hydrogen (secondary N) is 1. The van der Waals surface area contributed by atoms with Crippen LogP contribution in [0.2, 0.25) is 0 Å². The summed E-state index contributed by atoms with van der Waals surface area (Å²) in [5.74, 6) is 6.15. The summed E-state index contributed by atoms with van der Waals surface area (Å²) in [6.07, 6.45) is 0. The molecule has 0 bridgehead atoms. The third kappa shape index (κ3) is 2.55. The fraction of sp³-hybridized carbons (Fsp3) is 0.176. The van der Waals surface area contributed by atoms with E-state index in [0.29, 0.717) is 5.76 Å². The summed E-state index contributed by atoms with van der Waals surface area (Å²) in [5, 5.41) is 1.03. The van der Waals surface area contributed by atoms with Crippen molar-refractivity contribution in [1.82, 2.24) is 5.43 Å². The summed E-state index contributed by atoms with van der Waals surface area (Å²) >= 11 is 0. The number of halogens is 1. The predicted octanol–water partition coefficient (Wildman–Crippen LogP) is 3.74. The van der Waals surface area contributed by atoms with Crippen molar-refractivity contribution in [3.05, 3.63) is 70.7 Å². The minimum absolute atomic E-state index is 0.257. The van der Waals surface area contributed by atoms with Crippen molar-refractivity contribution in [3.8, 4) is 0 Å². The first-order chi connectivity index (χ1) is 10.1. The molecule has 0 amide bonds. The molecule has 0 fully saturated rings. The molecule has 0 saturated carbocycles. The molecule has 2 aromatic carbocycles. The number of furan rings is 1. The Balaban J connectivity index is 2.09. The smallest absolute Gasteiger partial charge is 0.134 e. The van der Waals surface area contributed by atoms with Crippen molar-refractivity contribution in [2.24, 2.45) is 5.84 Å². The van der Waals surface area contributed by atoms with Crippen molar-refractivity contribution in [1.29, 1.82) is 0 Å². The van der Waals surface area contributed by atoms with Gasteiger partial charge >= 0.3 is 0 Å². The van der Waals surface area contributed by atoms with E-state index < -0.39 is 0 Å². The van der Waals surface area contributed by atoms with E-state index in [-0.39, 0.29) is 11.9 Å². The fourth-order valence-corrected chi connectivity index (χ4v) is 2.61. The van der Waals surface area contributed by atoms with Crippen LogP contribution < -0.4 is 11.3 Å². The third-order valence-electron chi connectivity index (χ3n) is 3.68. The molecule has 3 nitrogen and oxygen atoms in total. The molecule has 21 heavy (non-hydrogen) atoms. The Morgan fingerprint density at radius 2 is 1.90 bits per heavy atom. The topological polar surface area (TPSA) is 51.2 Å². The second kappa shape index (κ2) is 5.31. The molecule has 0 aliphatic rings. The van der Waals surface area contributed by atoms with Gasteiger partial charge in [-0.3, -0.25) is 5.84 Å². The maximum Gasteiger partial charge on any atom is 0.134 e. The second-order valence-electron chi connectivity index (χ2n) is 5.29. The van der Waals surface area contributed by atoms with E-state index in [2.05, 4.69) is 11.5 Å². The molecule has 3 rings (SSSR count). The van der Waals surface area contributed by atoms with Gasteiger partial charge in [0.15, 0.2) is 0 Å². The SMILES string of the molecule is Cc1ccc2oc(C(NN)c3ccc(F)cc3C)cc2c1. The first kappa shape index (κ1) is 13.8. The standard InChI is InChI=1S/C17H17FN2O/c1-10-3-6-15-12(7-10)9-16(21-15)17(20-19)14-5-4-13(18)8-11(14)2/h3-9,17,20H,19H2,1-2H3. The molecule has 3 aromatic rings. The number of nitrogens with two attached hydrogens (primary N) is 1. The maximum absolute atomic E-state index is 13.3. The molecule has 0 spiro atoms. The Labute approximate surface area is 122 Å². The van der Waals surface area contributed by atoms with Crippen LogP contribution in [0.25, 0.3) is 11.0 Å². The van der Waals surface area contributed by atoms with Crippen LogP contribution in [0.15, 0.2) is 46.9 Å². The largest absolute Gasteiger partial charge is 0.459 e. The molecular weight excluding hydrogens is 267 g/mol. The van der Waals surface area contributed by atoms with Crippen LogP contribution in [-0.2, 0) is 0 Å². The highest BCUT2D eigenvalue weighted by atomic mass is 19.1. The van der Waals surface area contributed by atoms with Crippen molar-refractivity contribution >= 4 is 11.0 Å². The quantitative estimate of drug-likeness (QED) is 0.569. The van der Waals surface area contributed by atoms with E-state index in [1.165, 1.54) is 17.7 Å². The molecular formula is C17H17FN2O. The number of hydrazine groups is 1. The molecule has 0 radical (unpaired) electrons. The van der Waals surface area contributed by atoms with Gasteiger partial charge in [0.1, 0.15) is 23.2 Å². The van der Waals surface area contributed by atoms with Crippen molar-refractivity contribution in [3.63, 3.8) is 0 Å². The zero-order valence-corrected chi connectivity index (χ0v) is 12.0. The van der Waals surface area contributed by atoms with Crippen LogP contribution in [0.3, 0.4) is 0 Å². The van der Waals surface area contributed by atoms with Crippen LogP contribution in [0, 0.1) is 19.7 Å². The van der Waals surface area contributed by atoms with Crippen LogP contribution in [0.5, 0.6) is 0 Å². The fourth-order valence-electron chi connectivity index (χ4n) is 2.61. The van der Waals surface area contributed by atoms with Crippen LogP contribution in [-0.4, -0.2) is 0 Å². The Bertz CT molecular complexity index is 795. The van der Waals surface area contributed by atoms with Gasteiger partial charge in [-0.2, -0.15) is 0 Å². The normalized spacial score (nSPS) is 12.8. The van der Waals surface area contributed by atoms with Crippen molar-refractivity contribution in [2.75, 3.05) is 0 Å². The summed E-state index contributed by atoms with van der Waals surface area (Å²) < 4.78 is 19.1. The summed E-state index contributed by atoms with van der Waals surface area (Å²) in [6, 6.07) is 12.3. The van der Waals surface area contributed by atoms with Crippen LogP contribution in [0.1, 0.15) is 28.5 Å². The lowest BCUT2D eigenvalue weighted by molar-refractivity contribution is 0.475. The molecule has 1 unspecified atom stereocenters. The van der Waals surface area contributed by atoms with E-state index in [4.69, 9.17) is 10.3 Å². The Kier molecular flexibility index (Phi) is 3.49. The number of hydrogen-bond donors (Lipinski definition) is 2. The van der Waals surface area contributed by atoms with Gasteiger partial charge in [0.2, 0.25) is 0 Å². The molecule has 0 aliphatic heterocycles. The number of rotatable bonds is 3. The van der Waals surface area contributed by atoms with Crippen LogP contribution in [0.4, 0.5) is 4.39 Å². The average molecular weight is 284 g/mol. The molecule has 4 heteroatoms. The Morgan fingerprint density at radius 1 is 1.10 bits per heavy atom. The lowest BCUT2D eigenvalue weighted by Crippen LogP contribution is -2.29. The van der Waals surface area contributed by atoms with Gasteiger partial charge < -0.3 is 4.42 Å². The van der Waals surface area contributed by atoms with Gasteiger partial charge in [-0.05, 0) is 55.3 Å². The zero-order valence-electron chi connectivity index (χ0n) is 12.0. The third-order valence-corrected chi connectivity index (χ3v) is 3.68. The van der Waals surface area contributed by atoms with Gasteiger partial charge in [-0.15, -0.1) is 0 Å². The van der Waals surface area contributed by atoms with Crippen LogP contribution >= 0.6 is 0 Å². The first-order valence-electron chi connectivity index (χ1n) is 6.81. The summed E-state index contributed by atoms with van der Waals surface area (Å²) in [5.41, 5.74) is 6.47. The predicted molar refractivity (Wildman–Crippen MR) is 81.3 cm³/mol. The van der Waals surface area contributed by atoms with Crippen molar-refractivity contribution in [2.45, 2.75) is 19.9 Å². The molecule has 3 N–H and O–H groups in total. The lowest BCUT2D eigenvalue weighted by atomic mass is 9.99. The van der Waals surface area contributed by atoms with Gasteiger partial charge in [-0.1, -0.05) is 17.7 Å². The molecule has 1 heterocycles. The number of hydrogen-bond acceptors (Lipinski definition) is 3. The molecule has 108 valence electrons. The highest BCUT2D eigenvalue weighted by Gasteiger charge is 2.19. The highest BCUT2D eigenvalue weighted by Crippen LogP contribution is 2.30. The lowest BCUT2D eigenvalue weighted by Gasteiger charge is -2.16. The average Bonchev–Trinajstić information content (AvgIpc) is 2.84. The van der Waals surface area contributed by atoms with Gasteiger partial charge in [0.25, 0.3) is 0 Å². The van der Waals surface area contributed by atoms with E-state index in [0.717, 1.165) is 22.1 Å². The molecule has 1 aromatic heterocycles.